The number of hydrogen-bond acceptors (Lipinski definition) is 4. The number of carbonyl (C=O) groups excluding carboxylic acids is 1. The van der Waals surface area contributed by atoms with Gasteiger partial charge < -0.3 is 9.47 Å². The van der Waals surface area contributed by atoms with Gasteiger partial charge in [-0.15, -0.1) is 0 Å². The van der Waals surface area contributed by atoms with Gasteiger partial charge >= 0.3 is 5.97 Å². The highest BCUT2D eigenvalue weighted by Crippen LogP contribution is 2.25. The van der Waals surface area contributed by atoms with Crippen LogP contribution in [0, 0.1) is 0 Å². The van der Waals surface area contributed by atoms with E-state index in [0.717, 1.165) is 11.1 Å². The van der Waals surface area contributed by atoms with Gasteiger partial charge in [0, 0.05) is 10.0 Å². The van der Waals surface area contributed by atoms with Crippen molar-refractivity contribution in [3.63, 3.8) is 0 Å². The molecule has 0 aliphatic rings. The third-order valence-electron chi connectivity index (χ3n) is 3.63. The van der Waals surface area contributed by atoms with Gasteiger partial charge in [-0.05, 0) is 35.4 Å². The van der Waals surface area contributed by atoms with Crippen LogP contribution in [0.3, 0.4) is 0 Å². The summed E-state index contributed by atoms with van der Waals surface area (Å²) in [7, 11) is 2.83. The molecule has 0 unspecified atom stereocenters. The molecule has 4 nitrogen and oxygen atoms in total. The first-order chi connectivity index (χ1) is 12.0. The van der Waals surface area contributed by atoms with Gasteiger partial charge in [-0.25, -0.2) is 4.79 Å². The summed E-state index contributed by atoms with van der Waals surface area (Å²) < 4.78 is 9.87. The molecular weight excluding hydrogens is 361 g/mol. The molecule has 2 rings (SSSR count). The van der Waals surface area contributed by atoms with Crippen LogP contribution in [0.15, 0.2) is 60.4 Å². The number of ether oxygens (including phenoxy) is 2. The third-order valence-corrected chi connectivity index (χ3v) is 4.13. The number of esters is 1. The lowest BCUT2D eigenvalue weighted by Crippen LogP contribution is -2.25. The second-order valence-electron chi connectivity index (χ2n) is 5.25. The van der Waals surface area contributed by atoms with E-state index in [9.17, 15) is 4.79 Å². The molecule has 6 heteroatoms. The van der Waals surface area contributed by atoms with Gasteiger partial charge in [-0.1, -0.05) is 47.5 Å². The van der Waals surface area contributed by atoms with Crippen LogP contribution in [-0.2, 0) is 14.3 Å². The first-order valence-corrected chi connectivity index (χ1v) is 8.36. The molecule has 0 saturated heterocycles. The summed E-state index contributed by atoms with van der Waals surface area (Å²) in [4.78, 5) is 11.4. The maximum absolute atomic E-state index is 11.4. The summed E-state index contributed by atoms with van der Waals surface area (Å²) in [5, 5.41) is 4.72. The molecule has 0 bridgehead atoms. The lowest BCUT2D eigenvalue weighted by molar-refractivity contribution is -0.135. The van der Waals surface area contributed by atoms with E-state index in [1.165, 1.54) is 20.3 Å². The molecule has 0 heterocycles. The highest BCUT2D eigenvalue weighted by atomic mass is 35.5. The van der Waals surface area contributed by atoms with Crippen molar-refractivity contribution in [2.45, 2.75) is 6.04 Å². The molecule has 2 aromatic rings. The van der Waals surface area contributed by atoms with Crippen LogP contribution in [0.4, 0.5) is 0 Å². The van der Waals surface area contributed by atoms with E-state index in [4.69, 9.17) is 27.9 Å². The van der Waals surface area contributed by atoms with Crippen molar-refractivity contribution in [2.24, 2.45) is 0 Å². The zero-order valence-electron chi connectivity index (χ0n) is 14.0. The van der Waals surface area contributed by atoms with Gasteiger partial charge in [0.1, 0.15) is 5.76 Å². The number of hydrogen-bond donors (Lipinski definition) is 1. The van der Waals surface area contributed by atoms with Gasteiger partial charge in [0.25, 0.3) is 0 Å². The second-order valence-corrected chi connectivity index (χ2v) is 6.13. The molecule has 0 aromatic heterocycles. The summed E-state index contributed by atoms with van der Waals surface area (Å²) in [6.07, 6.45) is 1.31. The third kappa shape index (κ3) is 5.78. The fraction of sp³-hybridized carbons (Fsp3) is 0.211. The summed E-state index contributed by atoms with van der Waals surface area (Å²) in [6, 6.07) is 15.0. The van der Waals surface area contributed by atoms with Crippen LogP contribution in [0.25, 0.3) is 0 Å². The summed E-state index contributed by atoms with van der Waals surface area (Å²) in [6.45, 7) is 0.349. The molecule has 0 aliphatic carbocycles. The van der Waals surface area contributed by atoms with Gasteiger partial charge in [-0.2, -0.15) is 0 Å². The molecule has 25 heavy (non-hydrogen) atoms. The quantitative estimate of drug-likeness (QED) is 0.440. The molecule has 0 amide bonds. The number of carbonyl (C=O) groups is 1. The smallest absolute Gasteiger partial charge is 0.333 e. The van der Waals surface area contributed by atoms with Crippen LogP contribution in [0.1, 0.15) is 17.2 Å². The lowest BCUT2D eigenvalue weighted by Gasteiger charge is -2.21. The molecule has 0 aliphatic heterocycles. The number of halogens is 2. The Labute approximate surface area is 157 Å². The SMILES string of the molecule is COC(=O)C=C(CNC(c1ccc(Cl)cc1)c1ccc(Cl)cc1)OC. The van der Waals surface area contributed by atoms with Crippen molar-refractivity contribution in [3.05, 3.63) is 81.5 Å². The van der Waals surface area contributed by atoms with E-state index in [1.54, 1.807) is 0 Å². The fourth-order valence-electron chi connectivity index (χ4n) is 2.31. The zero-order valence-corrected chi connectivity index (χ0v) is 15.5. The van der Waals surface area contributed by atoms with E-state index in [-0.39, 0.29) is 6.04 Å². The van der Waals surface area contributed by atoms with Gasteiger partial charge in [0.2, 0.25) is 0 Å². The van der Waals surface area contributed by atoms with Crippen molar-refractivity contribution in [2.75, 3.05) is 20.8 Å². The Balaban J connectivity index is 2.25. The Bertz CT molecular complexity index is 682. The monoisotopic (exact) mass is 379 g/mol. The van der Waals surface area contributed by atoms with Crippen molar-refractivity contribution >= 4 is 29.2 Å². The fourth-order valence-corrected chi connectivity index (χ4v) is 2.57. The lowest BCUT2D eigenvalue weighted by atomic mass is 9.98. The van der Waals surface area contributed by atoms with E-state index in [1.807, 2.05) is 48.5 Å². The molecule has 0 radical (unpaired) electrons. The molecule has 0 fully saturated rings. The standard InChI is InChI=1S/C19H19Cl2NO3/c1-24-17(11-18(23)25-2)12-22-19(13-3-7-15(20)8-4-13)14-5-9-16(21)10-6-14/h3-11,19,22H,12H2,1-2H3. The molecule has 0 saturated carbocycles. The normalized spacial score (nSPS) is 11.5. The van der Waals surface area contributed by atoms with Crippen LogP contribution in [-0.4, -0.2) is 26.7 Å². The summed E-state index contributed by atoms with van der Waals surface area (Å²) in [5.74, 6) is 0.00737. The first kappa shape index (κ1) is 19.3. The minimum atomic E-state index is -0.465. The predicted molar refractivity (Wildman–Crippen MR) is 99.9 cm³/mol. The maximum Gasteiger partial charge on any atom is 0.333 e. The van der Waals surface area contributed by atoms with Crippen molar-refractivity contribution in [1.82, 2.24) is 5.32 Å². The largest absolute Gasteiger partial charge is 0.499 e. The van der Waals surface area contributed by atoms with Crippen LogP contribution >= 0.6 is 23.2 Å². The van der Waals surface area contributed by atoms with Gasteiger partial charge in [0.05, 0.1) is 32.9 Å². The molecule has 132 valence electrons. The zero-order chi connectivity index (χ0) is 18.2. The average Bonchev–Trinajstić information content (AvgIpc) is 2.63. The number of nitrogens with one attached hydrogen (secondary N) is 1. The number of rotatable bonds is 7. The predicted octanol–water partition coefficient (Wildman–Crippen LogP) is 4.38. The molecular formula is C19H19Cl2NO3. The Morgan fingerprint density at radius 2 is 1.44 bits per heavy atom. The Kier molecular flexibility index (Phi) is 7.31. The maximum atomic E-state index is 11.4. The van der Waals surface area contributed by atoms with Crippen LogP contribution in [0.2, 0.25) is 10.0 Å². The number of methoxy groups -OCH3 is 2. The first-order valence-electron chi connectivity index (χ1n) is 7.60. The molecule has 1 N–H and O–H groups in total. The van der Waals surface area contributed by atoms with Crippen molar-refractivity contribution in [1.29, 1.82) is 0 Å². The Morgan fingerprint density at radius 1 is 0.960 bits per heavy atom. The average molecular weight is 380 g/mol. The van der Waals surface area contributed by atoms with Gasteiger partial charge in [0.15, 0.2) is 0 Å². The highest BCUT2D eigenvalue weighted by Gasteiger charge is 2.15. The van der Waals surface area contributed by atoms with E-state index >= 15 is 0 Å². The minimum absolute atomic E-state index is 0.120. The van der Waals surface area contributed by atoms with Crippen LogP contribution in [0.5, 0.6) is 0 Å². The van der Waals surface area contributed by atoms with Crippen molar-refractivity contribution < 1.29 is 14.3 Å². The summed E-state index contributed by atoms with van der Waals surface area (Å²) >= 11 is 12.0. The molecule has 0 spiro atoms. The minimum Gasteiger partial charge on any atom is -0.499 e. The summed E-state index contributed by atoms with van der Waals surface area (Å²) in [5.41, 5.74) is 2.06. The van der Waals surface area contributed by atoms with E-state index in [0.29, 0.717) is 22.3 Å². The van der Waals surface area contributed by atoms with E-state index < -0.39 is 5.97 Å². The van der Waals surface area contributed by atoms with Crippen LogP contribution < -0.4 is 5.32 Å². The van der Waals surface area contributed by atoms with Crippen molar-refractivity contribution in [3.8, 4) is 0 Å². The topological polar surface area (TPSA) is 47.6 Å². The van der Waals surface area contributed by atoms with Gasteiger partial charge in [-0.3, -0.25) is 5.32 Å². The Hall–Kier alpha value is -2.01. The molecule has 2 aromatic carbocycles. The Morgan fingerprint density at radius 3 is 1.84 bits per heavy atom. The molecule has 0 atom stereocenters. The number of benzene rings is 2. The second kappa shape index (κ2) is 9.47. The highest BCUT2D eigenvalue weighted by molar-refractivity contribution is 6.30. The van der Waals surface area contributed by atoms with E-state index in [2.05, 4.69) is 10.1 Å².